The number of carbonyl (C=O) groups excluding carboxylic acids is 2. The number of hydrogen-bond acceptors (Lipinski definition) is 5. The molecule has 2 amide bonds. The number of methoxy groups -OCH3 is 1. The quantitative estimate of drug-likeness (QED) is 0.229. The van der Waals surface area contributed by atoms with Crippen LogP contribution in [0.5, 0.6) is 5.75 Å². The zero-order chi connectivity index (χ0) is 31.0. The lowest BCUT2D eigenvalue weighted by molar-refractivity contribution is -0.140. The van der Waals surface area contributed by atoms with E-state index in [2.05, 4.69) is 5.32 Å². The van der Waals surface area contributed by atoms with Crippen molar-refractivity contribution in [2.45, 2.75) is 44.7 Å². The molecule has 0 bridgehead atoms. The van der Waals surface area contributed by atoms with Gasteiger partial charge in [-0.15, -0.1) is 0 Å². The van der Waals surface area contributed by atoms with E-state index in [4.69, 9.17) is 39.5 Å². The summed E-state index contributed by atoms with van der Waals surface area (Å²) in [7, 11) is -2.79. The van der Waals surface area contributed by atoms with Crippen LogP contribution in [0.2, 0.25) is 15.1 Å². The summed E-state index contributed by atoms with van der Waals surface area (Å²) in [5, 5.41) is 3.70. The largest absolute Gasteiger partial charge is 0.495 e. The summed E-state index contributed by atoms with van der Waals surface area (Å²) >= 11 is 18.7. The van der Waals surface area contributed by atoms with Crippen molar-refractivity contribution >= 4 is 62.3 Å². The van der Waals surface area contributed by atoms with Crippen LogP contribution in [-0.2, 0) is 26.2 Å². The Labute approximate surface area is 262 Å². The van der Waals surface area contributed by atoms with Gasteiger partial charge < -0.3 is 15.0 Å². The molecule has 8 nitrogen and oxygen atoms in total. The third kappa shape index (κ3) is 8.31. The molecule has 0 saturated carbocycles. The molecule has 0 saturated heterocycles. The highest BCUT2D eigenvalue weighted by Crippen LogP contribution is 2.32. The Bertz CT molecular complexity index is 1500. The number of ether oxygens (including phenoxy) is 1. The Morgan fingerprint density at radius 2 is 1.62 bits per heavy atom. The third-order valence-corrected chi connectivity index (χ3v) is 9.26. The van der Waals surface area contributed by atoms with Gasteiger partial charge in [-0.3, -0.25) is 13.9 Å². The molecule has 0 aromatic heterocycles. The Balaban J connectivity index is 2.08. The van der Waals surface area contributed by atoms with Crippen LogP contribution in [0.4, 0.5) is 5.69 Å². The molecule has 0 aliphatic rings. The first-order valence-electron chi connectivity index (χ1n) is 13.3. The van der Waals surface area contributed by atoms with Crippen molar-refractivity contribution < 1.29 is 22.7 Å². The van der Waals surface area contributed by atoms with E-state index in [0.29, 0.717) is 27.9 Å². The van der Waals surface area contributed by atoms with Crippen LogP contribution in [-0.4, -0.2) is 51.4 Å². The van der Waals surface area contributed by atoms with Gasteiger partial charge in [-0.2, -0.15) is 0 Å². The van der Waals surface area contributed by atoms with Crippen molar-refractivity contribution in [3.05, 3.63) is 87.4 Å². The van der Waals surface area contributed by atoms with Gasteiger partial charge in [0.05, 0.1) is 32.8 Å². The summed E-state index contributed by atoms with van der Waals surface area (Å²) < 4.78 is 34.0. The fourth-order valence-electron chi connectivity index (χ4n) is 4.24. The van der Waals surface area contributed by atoms with E-state index in [1.54, 1.807) is 43.3 Å². The molecule has 3 aromatic carbocycles. The Morgan fingerprint density at radius 1 is 0.929 bits per heavy atom. The molecule has 42 heavy (non-hydrogen) atoms. The maximum Gasteiger partial charge on any atom is 0.264 e. The molecule has 1 unspecified atom stereocenters. The van der Waals surface area contributed by atoms with Crippen LogP contribution < -0.4 is 14.4 Å². The summed E-state index contributed by atoms with van der Waals surface area (Å²) in [5.41, 5.74) is 0.780. The predicted octanol–water partition coefficient (Wildman–Crippen LogP) is 6.43. The van der Waals surface area contributed by atoms with Gasteiger partial charge >= 0.3 is 0 Å². The van der Waals surface area contributed by atoms with Gasteiger partial charge in [-0.1, -0.05) is 79.8 Å². The second kappa shape index (κ2) is 15.0. The second-order valence-corrected chi connectivity index (χ2v) is 13.1. The van der Waals surface area contributed by atoms with E-state index in [9.17, 15) is 18.0 Å². The number of anilines is 1. The smallest absolute Gasteiger partial charge is 0.264 e. The van der Waals surface area contributed by atoms with Crippen LogP contribution in [0, 0.1) is 5.92 Å². The number of carbonyl (C=O) groups is 2. The first kappa shape index (κ1) is 33.5. The van der Waals surface area contributed by atoms with Gasteiger partial charge in [-0.05, 0) is 60.4 Å². The highest BCUT2D eigenvalue weighted by Gasteiger charge is 2.34. The molecule has 226 valence electrons. The Kier molecular flexibility index (Phi) is 11.9. The molecular formula is C30H34Cl3N3O5S. The average molecular weight is 655 g/mol. The van der Waals surface area contributed by atoms with Crippen LogP contribution in [0.15, 0.2) is 71.6 Å². The van der Waals surface area contributed by atoms with Crippen molar-refractivity contribution in [2.24, 2.45) is 5.92 Å². The number of rotatable bonds is 13. The van der Waals surface area contributed by atoms with Gasteiger partial charge in [0, 0.05) is 13.1 Å². The predicted molar refractivity (Wildman–Crippen MR) is 168 cm³/mol. The van der Waals surface area contributed by atoms with E-state index in [1.165, 1.54) is 42.3 Å². The van der Waals surface area contributed by atoms with Gasteiger partial charge in [0.2, 0.25) is 11.8 Å². The summed E-state index contributed by atoms with van der Waals surface area (Å²) in [5.74, 6) is -0.404. The summed E-state index contributed by atoms with van der Waals surface area (Å²) in [6.45, 7) is 5.53. The Hall–Kier alpha value is -2.98. The van der Waals surface area contributed by atoms with Crippen LogP contribution >= 0.6 is 34.8 Å². The van der Waals surface area contributed by atoms with Gasteiger partial charge in [0.1, 0.15) is 18.3 Å². The van der Waals surface area contributed by atoms with Gasteiger partial charge in [-0.25, -0.2) is 8.42 Å². The maximum atomic E-state index is 14.1. The molecule has 0 fully saturated rings. The lowest BCUT2D eigenvalue weighted by Crippen LogP contribution is -2.52. The van der Waals surface area contributed by atoms with Crippen molar-refractivity contribution in [3.8, 4) is 5.75 Å². The SMILES string of the molecule is CCC(C(=O)NCC(C)C)N(Cc1ccc(Cl)c(Cl)c1)C(=O)CN(c1ccc(OC)c(Cl)c1)S(=O)(=O)c1ccccc1. The van der Waals surface area contributed by atoms with Gasteiger partial charge in [0.25, 0.3) is 10.0 Å². The van der Waals surface area contributed by atoms with E-state index in [1.807, 2.05) is 13.8 Å². The summed E-state index contributed by atoms with van der Waals surface area (Å²) in [4.78, 5) is 28.8. The van der Waals surface area contributed by atoms with Crippen molar-refractivity contribution in [2.75, 3.05) is 24.5 Å². The molecule has 0 aliphatic heterocycles. The monoisotopic (exact) mass is 653 g/mol. The zero-order valence-corrected chi connectivity index (χ0v) is 26.9. The molecule has 0 radical (unpaired) electrons. The number of hydrogen-bond donors (Lipinski definition) is 1. The molecule has 1 N–H and O–H groups in total. The minimum atomic E-state index is -4.23. The molecule has 3 aromatic rings. The highest BCUT2D eigenvalue weighted by atomic mass is 35.5. The fraction of sp³-hybridized carbons (Fsp3) is 0.333. The average Bonchev–Trinajstić information content (AvgIpc) is 2.96. The van der Waals surface area contributed by atoms with E-state index >= 15 is 0 Å². The number of amides is 2. The minimum Gasteiger partial charge on any atom is -0.495 e. The normalized spacial score (nSPS) is 12.1. The molecular weight excluding hydrogens is 621 g/mol. The standard InChI is InChI=1S/C30H34Cl3N3O5S/c1-5-27(30(38)34-17-20(2)3)35(18-21-11-13-24(31)25(32)15-21)29(37)19-36(22-12-14-28(41-4)26(33)16-22)42(39,40)23-9-7-6-8-10-23/h6-16,20,27H,5,17-19H2,1-4H3,(H,34,38). The van der Waals surface area contributed by atoms with Crippen LogP contribution in [0.3, 0.4) is 0 Å². The number of nitrogens with one attached hydrogen (secondary N) is 1. The Morgan fingerprint density at radius 3 is 2.19 bits per heavy atom. The lowest BCUT2D eigenvalue weighted by atomic mass is 10.1. The topological polar surface area (TPSA) is 96.0 Å². The number of halogens is 3. The molecule has 0 spiro atoms. The highest BCUT2D eigenvalue weighted by molar-refractivity contribution is 7.92. The number of benzene rings is 3. The first-order valence-corrected chi connectivity index (χ1v) is 15.9. The zero-order valence-electron chi connectivity index (χ0n) is 23.8. The molecule has 12 heteroatoms. The summed E-state index contributed by atoms with van der Waals surface area (Å²) in [6.07, 6.45) is 0.288. The molecule has 0 aliphatic carbocycles. The number of sulfonamides is 1. The van der Waals surface area contributed by atoms with E-state index in [0.717, 1.165) is 4.31 Å². The molecule has 3 rings (SSSR count). The van der Waals surface area contributed by atoms with Crippen LogP contribution in [0.1, 0.15) is 32.8 Å². The minimum absolute atomic E-state index is 0.00802. The lowest BCUT2D eigenvalue weighted by Gasteiger charge is -2.33. The van der Waals surface area contributed by atoms with Crippen molar-refractivity contribution in [3.63, 3.8) is 0 Å². The first-order chi connectivity index (χ1) is 19.9. The molecule has 1 atom stereocenters. The van der Waals surface area contributed by atoms with Crippen molar-refractivity contribution in [1.29, 1.82) is 0 Å². The summed E-state index contributed by atoms with van der Waals surface area (Å²) in [6, 6.07) is 16.3. The van der Waals surface area contributed by atoms with E-state index < -0.39 is 28.5 Å². The number of nitrogens with zero attached hydrogens (tertiary/aromatic N) is 2. The maximum absolute atomic E-state index is 14.1. The second-order valence-electron chi connectivity index (χ2n) is 9.98. The fourth-order valence-corrected chi connectivity index (χ4v) is 6.24. The van der Waals surface area contributed by atoms with E-state index in [-0.39, 0.29) is 40.4 Å². The van der Waals surface area contributed by atoms with Crippen LogP contribution in [0.25, 0.3) is 0 Å². The van der Waals surface area contributed by atoms with Crippen molar-refractivity contribution in [1.82, 2.24) is 10.2 Å². The third-order valence-electron chi connectivity index (χ3n) is 6.44. The molecule has 0 heterocycles. The van der Waals surface area contributed by atoms with Gasteiger partial charge in [0.15, 0.2) is 0 Å².